The van der Waals surface area contributed by atoms with Crippen molar-refractivity contribution < 1.29 is 0 Å². The van der Waals surface area contributed by atoms with Crippen molar-refractivity contribution in [3.8, 4) is 0 Å². The molecule has 0 atom stereocenters. The number of aromatic nitrogens is 1. The van der Waals surface area contributed by atoms with Gasteiger partial charge in [0.25, 0.3) is 0 Å². The maximum Gasteiger partial charge on any atom is 0.0483 e. The van der Waals surface area contributed by atoms with Gasteiger partial charge in [0.15, 0.2) is 0 Å². The maximum absolute atomic E-state index is 5.99. The second-order valence-electron chi connectivity index (χ2n) is 5.02. The summed E-state index contributed by atoms with van der Waals surface area (Å²) in [7, 11) is 0. The molecule has 2 N–H and O–H groups in total. The number of nitrogens with two attached hydrogens (primary N) is 1. The second kappa shape index (κ2) is 4.81. The third-order valence-electron chi connectivity index (χ3n) is 3.61. The van der Waals surface area contributed by atoms with Crippen LogP contribution < -0.4 is 5.73 Å². The van der Waals surface area contributed by atoms with E-state index in [4.69, 9.17) is 5.73 Å². The number of fused-ring (bicyclic) bond motifs is 1. The highest BCUT2D eigenvalue weighted by Crippen LogP contribution is 2.19. The molecule has 0 saturated carbocycles. The molecule has 3 aromatic rings. The summed E-state index contributed by atoms with van der Waals surface area (Å²) in [5.74, 6) is 0. The normalized spacial score (nSPS) is 11.0. The number of hydrogen-bond acceptors (Lipinski definition) is 1. The first-order valence-electron chi connectivity index (χ1n) is 6.63. The fourth-order valence-corrected chi connectivity index (χ4v) is 2.49. The molecule has 1 heterocycles. The molecule has 0 radical (unpaired) electrons. The number of anilines is 1. The lowest BCUT2D eigenvalue weighted by Crippen LogP contribution is -2.02. The standard InChI is InChI=1S/C17H18N2/c1-13-6-7-15-9-11-19(17(15)12-13)10-8-14-4-2-3-5-16(14)18/h2-7,9,11-12H,8,10,18H2,1H3. The first-order chi connectivity index (χ1) is 9.24. The fraction of sp³-hybridized carbons (Fsp3) is 0.176. The van der Waals surface area contributed by atoms with Crippen molar-refractivity contribution in [1.29, 1.82) is 0 Å². The van der Waals surface area contributed by atoms with E-state index in [-0.39, 0.29) is 0 Å². The van der Waals surface area contributed by atoms with Crippen molar-refractivity contribution in [3.63, 3.8) is 0 Å². The average Bonchev–Trinajstić information content (AvgIpc) is 2.80. The van der Waals surface area contributed by atoms with Crippen LogP contribution in [0.1, 0.15) is 11.1 Å². The minimum Gasteiger partial charge on any atom is -0.399 e. The molecule has 0 spiro atoms. The van der Waals surface area contributed by atoms with Crippen molar-refractivity contribution in [2.45, 2.75) is 19.9 Å². The van der Waals surface area contributed by atoms with Crippen LogP contribution in [-0.4, -0.2) is 4.57 Å². The molecule has 0 amide bonds. The lowest BCUT2D eigenvalue weighted by Gasteiger charge is -2.08. The largest absolute Gasteiger partial charge is 0.399 e. The Bertz CT molecular complexity index is 710. The van der Waals surface area contributed by atoms with E-state index in [1.165, 1.54) is 22.0 Å². The summed E-state index contributed by atoms with van der Waals surface area (Å²) in [5.41, 5.74) is 10.7. The summed E-state index contributed by atoms with van der Waals surface area (Å²) in [6, 6.07) is 16.8. The van der Waals surface area contributed by atoms with Crippen LogP contribution in [0.4, 0.5) is 5.69 Å². The van der Waals surface area contributed by atoms with Gasteiger partial charge >= 0.3 is 0 Å². The predicted molar refractivity (Wildman–Crippen MR) is 81.2 cm³/mol. The Kier molecular flexibility index (Phi) is 3.00. The Hall–Kier alpha value is -2.22. The molecule has 0 aliphatic rings. The zero-order valence-corrected chi connectivity index (χ0v) is 11.1. The molecule has 2 nitrogen and oxygen atoms in total. The third kappa shape index (κ3) is 2.34. The van der Waals surface area contributed by atoms with Crippen LogP contribution in [0.2, 0.25) is 0 Å². The molecule has 19 heavy (non-hydrogen) atoms. The van der Waals surface area contributed by atoms with E-state index in [1.54, 1.807) is 0 Å². The highest BCUT2D eigenvalue weighted by Gasteiger charge is 2.03. The quantitative estimate of drug-likeness (QED) is 0.705. The summed E-state index contributed by atoms with van der Waals surface area (Å²) >= 11 is 0. The summed E-state index contributed by atoms with van der Waals surface area (Å²) in [4.78, 5) is 0. The fourth-order valence-electron chi connectivity index (χ4n) is 2.49. The highest BCUT2D eigenvalue weighted by atomic mass is 14.9. The van der Waals surface area contributed by atoms with E-state index in [0.717, 1.165) is 18.7 Å². The molecule has 0 fully saturated rings. The van der Waals surface area contributed by atoms with Gasteiger partial charge < -0.3 is 10.3 Å². The lowest BCUT2D eigenvalue weighted by molar-refractivity contribution is 0.724. The van der Waals surface area contributed by atoms with Gasteiger partial charge in [-0.05, 0) is 48.1 Å². The molecule has 0 aliphatic heterocycles. The van der Waals surface area contributed by atoms with Gasteiger partial charge in [-0.15, -0.1) is 0 Å². The molecule has 0 unspecified atom stereocenters. The van der Waals surface area contributed by atoms with E-state index in [0.29, 0.717) is 0 Å². The first kappa shape index (κ1) is 11.8. The average molecular weight is 250 g/mol. The van der Waals surface area contributed by atoms with Gasteiger partial charge in [0.1, 0.15) is 0 Å². The minimum absolute atomic E-state index is 0.884. The van der Waals surface area contributed by atoms with Gasteiger partial charge in [0.2, 0.25) is 0 Å². The van der Waals surface area contributed by atoms with Crippen molar-refractivity contribution in [2.24, 2.45) is 0 Å². The molecule has 96 valence electrons. The van der Waals surface area contributed by atoms with Crippen LogP contribution in [0.3, 0.4) is 0 Å². The molecule has 2 aromatic carbocycles. The smallest absolute Gasteiger partial charge is 0.0483 e. The third-order valence-corrected chi connectivity index (χ3v) is 3.61. The Balaban J connectivity index is 1.86. The SMILES string of the molecule is Cc1ccc2ccn(CCc3ccccc3N)c2c1. The number of nitrogen functional groups attached to an aromatic ring is 1. The van der Waals surface area contributed by atoms with Crippen LogP contribution in [0, 0.1) is 6.92 Å². The van der Waals surface area contributed by atoms with E-state index >= 15 is 0 Å². The van der Waals surface area contributed by atoms with E-state index < -0.39 is 0 Å². The monoisotopic (exact) mass is 250 g/mol. The molecule has 0 aliphatic carbocycles. The highest BCUT2D eigenvalue weighted by molar-refractivity contribution is 5.80. The second-order valence-corrected chi connectivity index (χ2v) is 5.02. The van der Waals surface area contributed by atoms with Gasteiger partial charge in [-0.2, -0.15) is 0 Å². The Morgan fingerprint density at radius 3 is 2.74 bits per heavy atom. The molecule has 3 rings (SSSR count). The number of hydrogen-bond donors (Lipinski definition) is 1. The summed E-state index contributed by atoms with van der Waals surface area (Å²) in [6.45, 7) is 3.09. The first-order valence-corrected chi connectivity index (χ1v) is 6.63. The van der Waals surface area contributed by atoms with Crippen molar-refractivity contribution in [3.05, 3.63) is 65.9 Å². The number of rotatable bonds is 3. The number of aryl methyl sites for hydroxylation is 3. The van der Waals surface area contributed by atoms with Crippen molar-refractivity contribution >= 4 is 16.6 Å². The zero-order valence-electron chi connectivity index (χ0n) is 11.1. The minimum atomic E-state index is 0.884. The Morgan fingerprint density at radius 2 is 1.89 bits per heavy atom. The molecular formula is C17H18N2. The van der Waals surface area contributed by atoms with Crippen LogP contribution in [0.15, 0.2) is 54.7 Å². The van der Waals surface area contributed by atoms with Crippen LogP contribution in [0.25, 0.3) is 10.9 Å². The molecular weight excluding hydrogens is 232 g/mol. The predicted octanol–water partition coefficient (Wildman–Crippen LogP) is 3.77. The summed E-state index contributed by atoms with van der Waals surface area (Å²) in [6.07, 6.45) is 3.12. The lowest BCUT2D eigenvalue weighted by atomic mass is 10.1. The van der Waals surface area contributed by atoms with Crippen molar-refractivity contribution in [2.75, 3.05) is 5.73 Å². The van der Waals surface area contributed by atoms with Gasteiger partial charge in [0, 0.05) is 23.9 Å². The van der Waals surface area contributed by atoms with Gasteiger partial charge in [-0.3, -0.25) is 0 Å². The summed E-state index contributed by atoms with van der Waals surface area (Å²) < 4.78 is 2.30. The van der Waals surface area contributed by atoms with Crippen LogP contribution in [-0.2, 0) is 13.0 Å². The molecule has 0 bridgehead atoms. The Morgan fingerprint density at radius 1 is 1.05 bits per heavy atom. The number of nitrogens with zero attached hydrogens (tertiary/aromatic N) is 1. The number of para-hydroxylation sites is 1. The van der Waals surface area contributed by atoms with Gasteiger partial charge in [-0.1, -0.05) is 30.3 Å². The topological polar surface area (TPSA) is 30.9 Å². The molecule has 2 heteroatoms. The summed E-state index contributed by atoms with van der Waals surface area (Å²) in [5, 5.41) is 1.30. The number of benzene rings is 2. The van der Waals surface area contributed by atoms with Gasteiger partial charge in [0.05, 0.1) is 0 Å². The maximum atomic E-state index is 5.99. The van der Waals surface area contributed by atoms with E-state index in [9.17, 15) is 0 Å². The molecule has 0 saturated heterocycles. The van der Waals surface area contributed by atoms with Crippen LogP contribution >= 0.6 is 0 Å². The van der Waals surface area contributed by atoms with Crippen LogP contribution in [0.5, 0.6) is 0 Å². The van der Waals surface area contributed by atoms with E-state index in [1.807, 2.05) is 18.2 Å². The van der Waals surface area contributed by atoms with E-state index in [2.05, 4.69) is 48.0 Å². The van der Waals surface area contributed by atoms with Gasteiger partial charge in [-0.25, -0.2) is 0 Å². The van der Waals surface area contributed by atoms with Crippen molar-refractivity contribution in [1.82, 2.24) is 4.57 Å². The zero-order chi connectivity index (χ0) is 13.2. The Labute approximate surface area is 113 Å². The molecule has 1 aromatic heterocycles.